The lowest BCUT2D eigenvalue weighted by molar-refractivity contribution is 0.0520. The van der Waals surface area contributed by atoms with Crippen LogP contribution in [0.25, 0.3) is 10.9 Å². The third kappa shape index (κ3) is 1.71. The van der Waals surface area contributed by atoms with Crippen LogP contribution >= 0.6 is 0 Å². The number of ether oxygens (including phenoxy) is 2. The van der Waals surface area contributed by atoms with Crippen LogP contribution in [0.4, 0.5) is 0 Å². The highest BCUT2D eigenvalue weighted by atomic mass is 16.5. The van der Waals surface area contributed by atoms with Crippen LogP contribution in [0.1, 0.15) is 42.4 Å². The topological polar surface area (TPSA) is 51.3 Å². The molecule has 0 saturated carbocycles. The smallest absolute Gasteiger partial charge is 0.355 e. The molecular formula is C16H19NO3. The van der Waals surface area contributed by atoms with Gasteiger partial charge in [-0.2, -0.15) is 0 Å². The number of H-pyrrole nitrogens is 1. The van der Waals surface area contributed by atoms with Crippen molar-refractivity contribution >= 4 is 16.9 Å². The normalized spacial score (nSPS) is 16.0. The summed E-state index contributed by atoms with van der Waals surface area (Å²) >= 11 is 0. The number of carbonyl (C=O) groups excluding carboxylic acids is 1. The van der Waals surface area contributed by atoms with Gasteiger partial charge >= 0.3 is 5.97 Å². The lowest BCUT2D eigenvalue weighted by Crippen LogP contribution is -2.18. The second kappa shape index (κ2) is 4.27. The van der Waals surface area contributed by atoms with Crippen molar-refractivity contribution in [3.63, 3.8) is 0 Å². The third-order valence-corrected chi connectivity index (χ3v) is 3.95. The van der Waals surface area contributed by atoms with Crippen LogP contribution in [-0.4, -0.2) is 24.2 Å². The van der Waals surface area contributed by atoms with Gasteiger partial charge in [0, 0.05) is 16.4 Å². The summed E-state index contributed by atoms with van der Waals surface area (Å²) in [7, 11) is 0. The molecule has 0 radical (unpaired) electrons. The Morgan fingerprint density at radius 3 is 2.90 bits per heavy atom. The standard InChI is InChI=1S/C16H19NO3/c1-5-19-15(18)13-9(2)12-11(17-13)7-6-10-14(12)20-8-16(10,3)4/h6-7,17H,5,8H2,1-4H3. The molecule has 20 heavy (non-hydrogen) atoms. The Morgan fingerprint density at radius 1 is 1.45 bits per heavy atom. The summed E-state index contributed by atoms with van der Waals surface area (Å²) in [4.78, 5) is 15.1. The quantitative estimate of drug-likeness (QED) is 0.854. The SMILES string of the molecule is CCOC(=O)c1[nH]c2ccc3c(c2c1C)OCC3(C)C. The maximum atomic E-state index is 12.0. The van der Waals surface area contributed by atoms with Gasteiger partial charge in [0.25, 0.3) is 0 Å². The average molecular weight is 273 g/mol. The number of hydrogen-bond donors (Lipinski definition) is 1. The van der Waals surface area contributed by atoms with Crippen molar-refractivity contribution < 1.29 is 14.3 Å². The largest absolute Gasteiger partial charge is 0.492 e. The van der Waals surface area contributed by atoms with Crippen molar-refractivity contribution in [1.82, 2.24) is 4.98 Å². The summed E-state index contributed by atoms with van der Waals surface area (Å²) in [5, 5.41) is 0.996. The number of aromatic amines is 1. The summed E-state index contributed by atoms with van der Waals surface area (Å²) in [6.45, 7) is 9.10. The minimum atomic E-state index is -0.313. The highest BCUT2D eigenvalue weighted by Crippen LogP contribution is 2.44. The Balaban J connectivity index is 2.22. The number of carbonyl (C=O) groups is 1. The van der Waals surface area contributed by atoms with E-state index in [1.165, 1.54) is 5.56 Å². The molecule has 106 valence electrons. The number of nitrogens with one attached hydrogen (secondary N) is 1. The molecular weight excluding hydrogens is 254 g/mol. The van der Waals surface area contributed by atoms with Crippen molar-refractivity contribution in [1.29, 1.82) is 0 Å². The molecule has 1 aliphatic heterocycles. The van der Waals surface area contributed by atoms with E-state index < -0.39 is 0 Å². The summed E-state index contributed by atoms with van der Waals surface area (Å²) in [6, 6.07) is 4.09. The molecule has 1 aromatic heterocycles. The first-order chi connectivity index (χ1) is 9.45. The molecule has 3 rings (SSSR count). The molecule has 0 amide bonds. The van der Waals surface area contributed by atoms with Crippen molar-refractivity contribution in [3.8, 4) is 5.75 Å². The predicted octanol–water partition coefficient (Wildman–Crippen LogP) is 3.32. The zero-order valence-corrected chi connectivity index (χ0v) is 12.3. The van der Waals surface area contributed by atoms with E-state index in [1.807, 2.05) is 13.0 Å². The van der Waals surface area contributed by atoms with Gasteiger partial charge in [0.05, 0.1) is 18.7 Å². The van der Waals surface area contributed by atoms with Crippen LogP contribution in [0, 0.1) is 6.92 Å². The summed E-state index contributed by atoms with van der Waals surface area (Å²) < 4.78 is 11.0. The minimum absolute atomic E-state index is 0.0112. The summed E-state index contributed by atoms with van der Waals surface area (Å²) in [5.41, 5.74) is 3.54. The molecule has 1 N–H and O–H groups in total. The third-order valence-electron chi connectivity index (χ3n) is 3.95. The Labute approximate surface area is 118 Å². The first-order valence-corrected chi connectivity index (χ1v) is 6.91. The second-order valence-corrected chi connectivity index (χ2v) is 5.88. The molecule has 0 unspecified atom stereocenters. The summed E-state index contributed by atoms with van der Waals surface area (Å²) in [6.07, 6.45) is 0. The molecule has 1 aromatic carbocycles. The van der Waals surface area contributed by atoms with Gasteiger partial charge in [-0.25, -0.2) is 4.79 Å². The van der Waals surface area contributed by atoms with Crippen LogP contribution in [0.2, 0.25) is 0 Å². The van der Waals surface area contributed by atoms with Crippen molar-refractivity contribution in [2.75, 3.05) is 13.2 Å². The fraction of sp³-hybridized carbons (Fsp3) is 0.438. The van der Waals surface area contributed by atoms with E-state index in [-0.39, 0.29) is 11.4 Å². The second-order valence-electron chi connectivity index (χ2n) is 5.88. The Hall–Kier alpha value is -1.97. The van der Waals surface area contributed by atoms with Gasteiger partial charge in [-0.3, -0.25) is 0 Å². The van der Waals surface area contributed by atoms with Crippen molar-refractivity contribution in [2.24, 2.45) is 0 Å². The Kier molecular flexibility index (Phi) is 2.78. The zero-order valence-electron chi connectivity index (χ0n) is 12.3. The van der Waals surface area contributed by atoms with Crippen LogP contribution < -0.4 is 4.74 Å². The molecule has 2 aromatic rings. The number of benzene rings is 1. The molecule has 0 bridgehead atoms. The molecule has 2 heterocycles. The maximum absolute atomic E-state index is 12.0. The van der Waals surface area contributed by atoms with Crippen LogP contribution in [0.3, 0.4) is 0 Å². The van der Waals surface area contributed by atoms with E-state index in [2.05, 4.69) is 24.9 Å². The van der Waals surface area contributed by atoms with E-state index in [0.717, 1.165) is 22.2 Å². The van der Waals surface area contributed by atoms with E-state index in [1.54, 1.807) is 6.92 Å². The van der Waals surface area contributed by atoms with Gasteiger partial charge in [-0.15, -0.1) is 0 Å². The predicted molar refractivity (Wildman–Crippen MR) is 77.5 cm³/mol. The lowest BCUT2D eigenvalue weighted by Gasteiger charge is -2.14. The van der Waals surface area contributed by atoms with Gasteiger partial charge in [0.15, 0.2) is 0 Å². The van der Waals surface area contributed by atoms with Gasteiger partial charge < -0.3 is 14.5 Å². The molecule has 0 aliphatic carbocycles. The van der Waals surface area contributed by atoms with Gasteiger partial charge in [-0.05, 0) is 25.5 Å². The molecule has 1 aliphatic rings. The summed E-state index contributed by atoms with van der Waals surface area (Å²) in [5.74, 6) is 0.587. The van der Waals surface area contributed by atoms with Gasteiger partial charge in [0.2, 0.25) is 0 Å². The van der Waals surface area contributed by atoms with Crippen molar-refractivity contribution in [3.05, 3.63) is 29.0 Å². The first kappa shape index (κ1) is 13.0. The van der Waals surface area contributed by atoms with Gasteiger partial charge in [-0.1, -0.05) is 19.9 Å². The number of aryl methyl sites for hydroxylation is 1. The maximum Gasteiger partial charge on any atom is 0.355 e. The van der Waals surface area contributed by atoms with E-state index in [4.69, 9.17) is 9.47 Å². The van der Waals surface area contributed by atoms with E-state index in [0.29, 0.717) is 18.9 Å². The van der Waals surface area contributed by atoms with Gasteiger partial charge in [0.1, 0.15) is 11.4 Å². The number of hydrogen-bond acceptors (Lipinski definition) is 3. The lowest BCUT2D eigenvalue weighted by atomic mass is 9.86. The van der Waals surface area contributed by atoms with Crippen LogP contribution in [-0.2, 0) is 10.2 Å². The molecule has 0 spiro atoms. The fourth-order valence-electron chi connectivity index (χ4n) is 2.83. The minimum Gasteiger partial charge on any atom is -0.492 e. The molecule has 4 heteroatoms. The molecule has 4 nitrogen and oxygen atoms in total. The first-order valence-electron chi connectivity index (χ1n) is 6.91. The fourth-order valence-corrected chi connectivity index (χ4v) is 2.83. The number of aromatic nitrogens is 1. The molecule has 0 fully saturated rings. The number of rotatable bonds is 2. The van der Waals surface area contributed by atoms with Crippen molar-refractivity contribution in [2.45, 2.75) is 33.1 Å². The highest BCUT2D eigenvalue weighted by Gasteiger charge is 2.34. The zero-order chi connectivity index (χ0) is 14.5. The monoisotopic (exact) mass is 273 g/mol. The Bertz CT molecular complexity index is 697. The van der Waals surface area contributed by atoms with E-state index in [9.17, 15) is 4.79 Å². The number of fused-ring (bicyclic) bond motifs is 3. The highest BCUT2D eigenvalue weighted by molar-refractivity contribution is 6.01. The molecule has 0 atom stereocenters. The van der Waals surface area contributed by atoms with E-state index >= 15 is 0 Å². The van der Waals surface area contributed by atoms with Crippen LogP contribution in [0.15, 0.2) is 12.1 Å². The number of esters is 1. The van der Waals surface area contributed by atoms with Crippen LogP contribution in [0.5, 0.6) is 5.75 Å². The average Bonchev–Trinajstić information content (AvgIpc) is 2.88. The molecule has 0 saturated heterocycles. The Morgan fingerprint density at radius 2 is 2.20 bits per heavy atom.